The first-order valence-electron chi connectivity index (χ1n) is 3.52. The van der Waals surface area contributed by atoms with Crippen LogP contribution in [0.25, 0.3) is 6.08 Å². The Morgan fingerprint density at radius 1 is 1.21 bits per heavy atom. The van der Waals surface area contributed by atoms with Crippen LogP contribution in [0.5, 0.6) is 11.5 Å². The number of aliphatic carboxylic acids is 1. The van der Waals surface area contributed by atoms with Gasteiger partial charge in [-0.1, -0.05) is 6.07 Å². The number of carboxylic acids is 1. The van der Waals surface area contributed by atoms with Crippen molar-refractivity contribution in [3.05, 3.63) is 29.8 Å². The fraction of sp³-hybridized carbons (Fsp3) is 0. The van der Waals surface area contributed by atoms with Crippen LogP contribution in [0.4, 0.5) is 0 Å². The minimum Gasteiger partial charge on any atom is -0.504 e. The molecule has 0 aliphatic carbocycles. The van der Waals surface area contributed by atoms with Crippen molar-refractivity contribution in [2.24, 2.45) is 0 Å². The molecule has 4 nitrogen and oxygen atoms in total. The Morgan fingerprint density at radius 3 is 2.36 bits per heavy atom. The van der Waals surface area contributed by atoms with Crippen LogP contribution < -0.4 is 0 Å². The van der Waals surface area contributed by atoms with Crippen LogP contribution >= 0.6 is 0 Å². The van der Waals surface area contributed by atoms with Gasteiger partial charge in [0.2, 0.25) is 0 Å². The first-order valence-corrected chi connectivity index (χ1v) is 3.52. The van der Waals surface area contributed by atoms with E-state index in [1.165, 1.54) is 24.3 Å². The second-order valence-electron chi connectivity index (χ2n) is 2.42. The number of carbonyl (C=O) groups is 1. The van der Waals surface area contributed by atoms with Crippen LogP contribution in [0.2, 0.25) is 0 Å². The molecule has 0 atom stereocenters. The number of aromatic hydroxyl groups is 2. The van der Waals surface area contributed by atoms with Crippen molar-refractivity contribution >= 4 is 12.0 Å². The molecule has 0 heterocycles. The Balaban J connectivity index is 0.00000169. The smallest absolute Gasteiger partial charge is 0.328 e. The van der Waals surface area contributed by atoms with Gasteiger partial charge in [0, 0.05) is 23.1 Å². The van der Waals surface area contributed by atoms with Crippen molar-refractivity contribution in [3.8, 4) is 11.5 Å². The molecule has 3 N–H and O–H groups in total. The quantitative estimate of drug-likeness (QED) is 0.409. The van der Waals surface area contributed by atoms with Crippen LogP contribution in [0.3, 0.4) is 0 Å². The van der Waals surface area contributed by atoms with Gasteiger partial charge in [0.1, 0.15) is 0 Å². The third kappa shape index (κ3) is 3.51. The van der Waals surface area contributed by atoms with Gasteiger partial charge in [0.15, 0.2) is 11.5 Å². The van der Waals surface area contributed by atoms with E-state index >= 15 is 0 Å². The molecule has 0 bridgehead atoms. The van der Waals surface area contributed by atoms with Gasteiger partial charge in [-0.2, -0.15) is 0 Å². The third-order valence-electron chi connectivity index (χ3n) is 1.42. The summed E-state index contributed by atoms with van der Waals surface area (Å²) in [5.41, 5.74) is 0.512. The van der Waals surface area contributed by atoms with Crippen molar-refractivity contribution in [1.29, 1.82) is 0 Å². The zero-order valence-corrected chi connectivity index (χ0v) is 8.09. The molecular formula is C9H8FeO4. The second-order valence-corrected chi connectivity index (χ2v) is 2.42. The van der Waals surface area contributed by atoms with Crippen molar-refractivity contribution < 1.29 is 37.2 Å². The summed E-state index contributed by atoms with van der Waals surface area (Å²) in [6, 6.07) is 4.06. The average molecular weight is 236 g/mol. The van der Waals surface area contributed by atoms with Gasteiger partial charge in [0.25, 0.3) is 0 Å². The standard InChI is InChI=1S/C9H8O4.Fe/c10-7-3-1-6(5-8(7)11)2-4-9(12)13;/h1-5,10-11H,(H,12,13);. The summed E-state index contributed by atoms with van der Waals surface area (Å²) in [6.45, 7) is 0. The summed E-state index contributed by atoms with van der Waals surface area (Å²) in [4.78, 5) is 10.1. The van der Waals surface area contributed by atoms with E-state index in [4.69, 9.17) is 15.3 Å². The summed E-state index contributed by atoms with van der Waals surface area (Å²) in [7, 11) is 0. The SMILES string of the molecule is O=C(O)C=Cc1ccc(O)c(O)c1.[Fe]. The topological polar surface area (TPSA) is 77.8 Å². The molecule has 0 fully saturated rings. The van der Waals surface area contributed by atoms with Gasteiger partial charge in [-0.05, 0) is 23.8 Å². The summed E-state index contributed by atoms with van der Waals surface area (Å²) < 4.78 is 0. The molecule has 1 rings (SSSR count). The Labute approximate surface area is 91.0 Å². The van der Waals surface area contributed by atoms with Crippen LogP contribution in [0.1, 0.15) is 5.56 Å². The van der Waals surface area contributed by atoms with Gasteiger partial charge in [-0.3, -0.25) is 0 Å². The fourth-order valence-electron chi connectivity index (χ4n) is 0.812. The minimum absolute atomic E-state index is 0. The molecule has 0 saturated carbocycles. The molecule has 14 heavy (non-hydrogen) atoms. The van der Waals surface area contributed by atoms with E-state index in [2.05, 4.69) is 0 Å². The number of phenols is 2. The maximum atomic E-state index is 10.1. The van der Waals surface area contributed by atoms with Crippen LogP contribution in [-0.4, -0.2) is 21.3 Å². The monoisotopic (exact) mass is 236 g/mol. The first-order chi connectivity index (χ1) is 6.09. The zero-order chi connectivity index (χ0) is 9.84. The van der Waals surface area contributed by atoms with Gasteiger partial charge >= 0.3 is 5.97 Å². The molecule has 0 aliphatic heterocycles. The van der Waals surface area contributed by atoms with E-state index in [1.807, 2.05) is 0 Å². The maximum absolute atomic E-state index is 10.1. The molecule has 0 radical (unpaired) electrons. The maximum Gasteiger partial charge on any atom is 0.328 e. The number of hydrogen-bond acceptors (Lipinski definition) is 3. The van der Waals surface area contributed by atoms with E-state index in [0.29, 0.717) is 5.56 Å². The number of rotatable bonds is 2. The summed E-state index contributed by atoms with van der Waals surface area (Å²) >= 11 is 0. The van der Waals surface area contributed by atoms with Crippen LogP contribution in [0.15, 0.2) is 24.3 Å². The Hall–Kier alpha value is -1.45. The second kappa shape index (κ2) is 5.32. The van der Waals surface area contributed by atoms with Gasteiger partial charge in [-0.25, -0.2) is 4.79 Å². The van der Waals surface area contributed by atoms with Crippen molar-refractivity contribution in [2.75, 3.05) is 0 Å². The molecule has 0 unspecified atom stereocenters. The molecule has 5 heteroatoms. The fourth-order valence-corrected chi connectivity index (χ4v) is 0.812. The minimum atomic E-state index is -1.06. The number of hydrogen-bond donors (Lipinski definition) is 3. The van der Waals surface area contributed by atoms with E-state index in [1.54, 1.807) is 0 Å². The average Bonchev–Trinajstić information content (AvgIpc) is 2.07. The summed E-state index contributed by atoms with van der Waals surface area (Å²) in [5, 5.41) is 26.3. The normalized spacial score (nSPS) is 9.71. The Morgan fingerprint density at radius 2 is 1.86 bits per heavy atom. The molecule has 0 saturated heterocycles. The Bertz CT molecular complexity index is 360. The number of benzene rings is 1. The third-order valence-corrected chi connectivity index (χ3v) is 1.42. The van der Waals surface area contributed by atoms with E-state index in [0.717, 1.165) is 6.08 Å². The van der Waals surface area contributed by atoms with E-state index in [9.17, 15) is 4.79 Å². The van der Waals surface area contributed by atoms with Gasteiger partial charge in [0.05, 0.1) is 0 Å². The van der Waals surface area contributed by atoms with Crippen molar-refractivity contribution in [1.82, 2.24) is 0 Å². The molecule has 0 aromatic heterocycles. The predicted molar refractivity (Wildman–Crippen MR) is 46.4 cm³/mol. The van der Waals surface area contributed by atoms with E-state index < -0.39 is 5.97 Å². The molecule has 1 aromatic carbocycles. The van der Waals surface area contributed by atoms with Crippen LogP contribution in [-0.2, 0) is 21.9 Å². The summed E-state index contributed by atoms with van der Waals surface area (Å²) in [5.74, 6) is -1.56. The van der Waals surface area contributed by atoms with Gasteiger partial charge in [-0.15, -0.1) is 0 Å². The molecule has 0 amide bonds. The molecular weight excluding hydrogens is 228 g/mol. The number of carboxylic acid groups (broad SMARTS) is 1. The zero-order valence-electron chi connectivity index (χ0n) is 6.99. The van der Waals surface area contributed by atoms with E-state index in [-0.39, 0.29) is 28.6 Å². The van der Waals surface area contributed by atoms with Crippen molar-refractivity contribution in [2.45, 2.75) is 0 Å². The Kier molecular flexibility index (Phi) is 4.77. The first kappa shape index (κ1) is 12.5. The van der Waals surface area contributed by atoms with Crippen LogP contribution in [0, 0.1) is 0 Å². The molecule has 1 aromatic rings. The molecule has 76 valence electrons. The predicted octanol–water partition coefficient (Wildman–Crippen LogP) is 1.19. The van der Waals surface area contributed by atoms with Crippen molar-refractivity contribution in [3.63, 3.8) is 0 Å². The molecule has 0 aliphatic rings. The largest absolute Gasteiger partial charge is 0.504 e. The summed E-state index contributed by atoms with van der Waals surface area (Å²) in [6.07, 6.45) is 2.27. The molecule has 0 spiro atoms. The number of phenolic OH excluding ortho intramolecular Hbond substituents is 2. The van der Waals surface area contributed by atoms with Gasteiger partial charge < -0.3 is 15.3 Å².